The molecule has 3 heterocycles. The zero-order valence-electron chi connectivity index (χ0n) is 13.9. The summed E-state index contributed by atoms with van der Waals surface area (Å²) in [5.74, 6) is 0.456. The topological polar surface area (TPSA) is 77.3 Å². The van der Waals surface area contributed by atoms with Crippen molar-refractivity contribution < 1.29 is 12.8 Å². The summed E-state index contributed by atoms with van der Waals surface area (Å²) in [6.45, 7) is 2.17. The summed E-state index contributed by atoms with van der Waals surface area (Å²) in [4.78, 5) is 6.16. The Morgan fingerprint density at radius 3 is 2.35 bits per heavy atom. The fourth-order valence-corrected chi connectivity index (χ4v) is 5.38. The fraction of sp³-hybridized carbons (Fsp3) is 0.333. The van der Waals surface area contributed by atoms with Crippen LogP contribution in [0.4, 0.5) is 10.2 Å². The van der Waals surface area contributed by atoms with E-state index in [1.807, 2.05) is 12.1 Å². The van der Waals surface area contributed by atoms with Crippen molar-refractivity contribution in [1.82, 2.24) is 9.29 Å². The molecule has 1 aromatic carbocycles. The summed E-state index contributed by atoms with van der Waals surface area (Å²) in [6.07, 6.45) is 1.54. The van der Waals surface area contributed by atoms with Crippen molar-refractivity contribution in [3.8, 4) is 6.07 Å². The third-order valence-corrected chi connectivity index (χ3v) is 6.97. The Morgan fingerprint density at radius 2 is 1.77 bits per heavy atom. The van der Waals surface area contributed by atoms with E-state index in [1.54, 1.807) is 12.3 Å². The molecule has 134 valence electrons. The van der Waals surface area contributed by atoms with Gasteiger partial charge in [0, 0.05) is 32.4 Å². The quantitative estimate of drug-likeness (QED) is 0.822. The molecule has 0 amide bonds. The van der Waals surface area contributed by atoms with Crippen LogP contribution in [-0.2, 0) is 10.0 Å². The first-order valence-electron chi connectivity index (χ1n) is 8.35. The van der Waals surface area contributed by atoms with Crippen molar-refractivity contribution in [2.75, 3.05) is 31.1 Å². The largest absolute Gasteiger partial charge is 0.356 e. The SMILES string of the molecule is N#Cc1ccc(N2CC3CN(S(=O)(=O)c4ccccc4F)CC3C2)nc1. The second-order valence-electron chi connectivity index (χ2n) is 6.69. The van der Waals surface area contributed by atoms with E-state index < -0.39 is 15.8 Å². The van der Waals surface area contributed by atoms with Crippen LogP contribution in [0.1, 0.15) is 5.56 Å². The Labute approximate surface area is 151 Å². The molecular weight excluding hydrogens is 355 g/mol. The first-order valence-corrected chi connectivity index (χ1v) is 9.79. The minimum atomic E-state index is -3.81. The standard InChI is InChI=1S/C18H17FN4O2S/c19-16-3-1-2-4-17(16)26(24,25)23-11-14-9-22(10-15(14)12-23)18-6-5-13(7-20)8-21-18/h1-6,8,14-15H,9-12H2. The number of halogens is 1. The molecule has 0 radical (unpaired) electrons. The minimum Gasteiger partial charge on any atom is -0.356 e. The monoisotopic (exact) mass is 372 g/mol. The van der Waals surface area contributed by atoms with Gasteiger partial charge in [0.2, 0.25) is 10.0 Å². The molecule has 1 aromatic heterocycles. The van der Waals surface area contributed by atoms with Crippen LogP contribution in [0.5, 0.6) is 0 Å². The van der Waals surface area contributed by atoms with Crippen molar-refractivity contribution >= 4 is 15.8 Å². The van der Waals surface area contributed by atoms with Gasteiger partial charge in [0.15, 0.2) is 0 Å². The Morgan fingerprint density at radius 1 is 1.08 bits per heavy atom. The Hall–Kier alpha value is -2.50. The van der Waals surface area contributed by atoms with Gasteiger partial charge in [0.1, 0.15) is 22.6 Å². The second kappa shape index (κ2) is 6.34. The summed E-state index contributed by atoms with van der Waals surface area (Å²) in [6, 6.07) is 11.1. The minimum absolute atomic E-state index is 0.189. The van der Waals surface area contributed by atoms with Gasteiger partial charge < -0.3 is 4.90 Å². The van der Waals surface area contributed by atoms with Gasteiger partial charge in [-0.2, -0.15) is 9.57 Å². The molecule has 6 nitrogen and oxygen atoms in total. The first-order chi connectivity index (χ1) is 12.5. The highest BCUT2D eigenvalue weighted by molar-refractivity contribution is 7.89. The van der Waals surface area contributed by atoms with Gasteiger partial charge in [-0.3, -0.25) is 0 Å². The molecule has 4 rings (SSSR count). The zero-order chi connectivity index (χ0) is 18.3. The lowest BCUT2D eigenvalue weighted by atomic mass is 10.0. The molecule has 0 N–H and O–H groups in total. The lowest BCUT2D eigenvalue weighted by Crippen LogP contribution is -2.34. The van der Waals surface area contributed by atoms with Crippen molar-refractivity contribution in [2.24, 2.45) is 11.8 Å². The molecule has 2 aliphatic rings. The van der Waals surface area contributed by atoms with Crippen LogP contribution in [-0.4, -0.2) is 43.9 Å². The van der Waals surface area contributed by atoms with E-state index in [2.05, 4.69) is 9.88 Å². The maximum Gasteiger partial charge on any atom is 0.246 e. The number of nitrogens with zero attached hydrogens (tertiary/aromatic N) is 4. The highest BCUT2D eigenvalue weighted by Gasteiger charge is 2.45. The number of benzene rings is 1. The normalized spacial score (nSPS) is 23.0. The van der Waals surface area contributed by atoms with E-state index in [1.165, 1.54) is 28.6 Å². The van der Waals surface area contributed by atoms with Gasteiger partial charge >= 0.3 is 0 Å². The van der Waals surface area contributed by atoms with Crippen molar-refractivity contribution in [3.63, 3.8) is 0 Å². The number of hydrogen-bond donors (Lipinski definition) is 0. The van der Waals surface area contributed by atoms with Crippen LogP contribution in [0, 0.1) is 29.0 Å². The Kier molecular flexibility index (Phi) is 4.13. The molecule has 2 aromatic rings. The van der Waals surface area contributed by atoms with Crippen LogP contribution >= 0.6 is 0 Å². The number of pyridine rings is 1. The highest BCUT2D eigenvalue weighted by atomic mass is 32.2. The molecule has 2 atom stereocenters. The van der Waals surface area contributed by atoms with Crippen molar-refractivity contribution in [3.05, 3.63) is 54.0 Å². The lowest BCUT2D eigenvalue weighted by molar-refractivity contribution is 0.447. The summed E-state index contributed by atoms with van der Waals surface area (Å²) >= 11 is 0. The van der Waals surface area contributed by atoms with Crippen LogP contribution in [0.3, 0.4) is 0 Å². The van der Waals surface area contributed by atoms with Crippen LogP contribution in [0.15, 0.2) is 47.5 Å². The van der Waals surface area contributed by atoms with Crippen molar-refractivity contribution in [2.45, 2.75) is 4.90 Å². The molecule has 0 saturated carbocycles. The lowest BCUT2D eigenvalue weighted by Gasteiger charge is -2.22. The summed E-state index contributed by atoms with van der Waals surface area (Å²) in [5, 5.41) is 8.85. The third-order valence-electron chi connectivity index (χ3n) is 5.11. The maximum atomic E-state index is 13.9. The van der Waals surface area contributed by atoms with Crippen LogP contribution in [0.2, 0.25) is 0 Å². The molecule has 0 aliphatic carbocycles. The summed E-state index contributed by atoms with van der Waals surface area (Å²) < 4.78 is 40.8. The molecule has 0 spiro atoms. The van der Waals surface area contributed by atoms with Gasteiger partial charge in [0.05, 0.1) is 5.56 Å². The van der Waals surface area contributed by atoms with Crippen LogP contribution in [0.25, 0.3) is 0 Å². The summed E-state index contributed by atoms with van der Waals surface area (Å²) in [7, 11) is -3.81. The van der Waals surface area contributed by atoms with E-state index >= 15 is 0 Å². The summed E-state index contributed by atoms with van der Waals surface area (Å²) in [5.41, 5.74) is 0.510. The van der Waals surface area contributed by atoms with Gasteiger partial charge in [-0.25, -0.2) is 17.8 Å². The molecule has 0 bridgehead atoms. The van der Waals surface area contributed by atoms with Crippen LogP contribution < -0.4 is 4.90 Å². The number of hydrogen-bond acceptors (Lipinski definition) is 5. The number of sulfonamides is 1. The van der Waals surface area contributed by atoms with E-state index in [4.69, 9.17) is 5.26 Å². The second-order valence-corrected chi connectivity index (χ2v) is 8.60. The van der Waals surface area contributed by atoms with E-state index in [9.17, 15) is 12.8 Å². The molecule has 2 aliphatic heterocycles. The molecule has 8 heteroatoms. The number of nitriles is 1. The average Bonchev–Trinajstić information content (AvgIpc) is 3.21. The van der Waals surface area contributed by atoms with Gasteiger partial charge in [0.25, 0.3) is 0 Å². The Bertz CT molecular complexity index is 957. The van der Waals surface area contributed by atoms with Gasteiger partial charge in [-0.1, -0.05) is 12.1 Å². The molecular formula is C18H17FN4O2S. The predicted octanol–water partition coefficient (Wildman–Crippen LogP) is 1.85. The smallest absolute Gasteiger partial charge is 0.246 e. The van der Waals surface area contributed by atoms with Gasteiger partial charge in [-0.15, -0.1) is 0 Å². The van der Waals surface area contributed by atoms with E-state index in [0.717, 1.165) is 5.82 Å². The number of aromatic nitrogens is 1. The maximum absolute atomic E-state index is 13.9. The zero-order valence-corrected chi connectivity index (χ0v) is 14.7. The molecule has 2 saturated heterocycles. The number of fused-ring (bicyclic) bond motifs is 1. The molecule has 26 heavy (non-hydrogen) atoms. The average molecular weight is 372 g/mol. The Balaban J connectivity index is 1.48. The fourth-order valence-electron chi connectivity index (χ4n) is 3.77. The van der Waals surface area contributed by atoms with E-state index in [0.29, 0.717) is 31.7 Å². The number of anilines is 1. The molecule has 2 unspecified atom stereocenters. The first kappa shape index (κ1) is 16.9. The number of rotatable bonds is 3. The van der Waals surface area contributed by atoms with E-state index in [-0.39, 0.29) is 16.7 Å². The molecule has 2 fully saturated rings. The van der Waals surface area contributed by atoms with Crippen molar-refractivity contribution in [1.29, 1.82) is 5.26 Å². The highest BCUT2D eigenvalue weighted by Crippen LogP contribution is 2.36. The third kappa shape index (κ3) is 2.83. The predicted molar refractivity (Wildman–Crippen MR) is 93.3 cm³/mol. The van der Waals surface area contributed by atoms with Gasteiger partial charge in [-0.05, 0) is 36.1 Å².